The van der Waals surface area contributed by atoms with Gasteiger partial charge in [0.1, 0.15) is 0 Å². The molecule has 0 radical (unpaired) electrons. The van der Waals surface area contributed by atoms with Gasteiger partial charge in [0.15, 0.2) is 0 Å². The maximum absolute atomic E-state index is 3.79. The lowest BCUT2D eigenvalue weighted by molar-refractivity contribution is 0.286. The highest BCUT2D eigenvalue weighted by atomic mass is 15.1. The maximum Gasteiger partial charge on any atom is 0.0399 e. The number of hydrogen-bond acceptors (Lipinski definition) is 2. The molecule has 1 aromatic rings. The molecule has 2 aliphatic rings. The lowest BCUT2D eigenvalue weighted by Gasteiger charge is -2.29. The van der Waals surface area contributed by atoms with E-state index in [1.165, 1.54) is 75.8 Å². The minimum Gasteiger partial charge on any atom is -0.371 e. The van der Waals surface area contributed by atoms with Crippen LogP contribution < -0.4 is 10.2 Å². The Morgan fingerprint density at radius 1 is 1.14 bits per heavy atom. The second kappa shape index (κ2) is 7.31. The third-order valence-corrected chi connectivity index (χ3v) is 5.45. The monoisotopic (exact) mass is 286 g/mol. The Kier molecular flexibility index (Phi) is 5.18. The molecule has 0 unspecified atom stereocenters. The van der Waals surface area contributed by atoms with Crippen molar-refractivity contribution >= 4 is 5.69 Å². The zero-order valence-corrected chi connectivity index (χ0v) is 13.5. The summed E-state index contributed by atoms with van der Waals surface area (Å²) in [5, 5.41) is 3.79. The van der Waals surface area contributed by atoms with Gasteiger partial charge in [-0.1, -0.05) is 31.5 Å². The molecular weight excluding hydrogens is 256 g/mol. The molecule has 0 atom stereocenters. The summed E-state index contributed by atoms with van der Waals surface area (Å²) in [6.07, 6.45) is 9.53. The van der Waals surface area contributed by atoms with Crippen LogP contribution in [0.15, 0.2) is 24.3 Å². The second-order valence-electron chi connectivity index (χ2n) is 6.80. The number of hydrogen-bond donors (Lipinski definition) is 1. The molecule has 1 aliphatic carbocycles. The van der Waals surface area contributed by atoms with Crippen LogP contribution in [0.2, 0.25) is 0 Å². The van der Waals surface area contributed by atoms with E-state index < -0.39 is 0 Å². The molecule has 0 aromatic heterocycles. The lowest BCUT2D eigenvalue weighted by Crippen LogP contribution is -2.35. The van der Waals surface area contributed by atoms with Crippen molar-refractivity contribution in [3.8, 4) is 0 Å². The molecule has 1 saturated carbocycles. The summed E-state index contributed by atoms with van der Waals surface area (Å²) in [6, 6.07) is 9.68. The van der Waals surface area contributed by atoms with Crippen LogP contribution in [0.25, 0.3) is 0 Å². The minimum atomic E-state index is 0.790. The standard InChI is InChI=1S/C19H30N2/c1-2-16-8-10-18(11-9-16)20-13-5-14-21-15-12-17-6-3-4-7-19(17)21/h3-4,6-7,16,18,20H,2,5,8-15H2,1H3. The number of benzene rings is 1. The molecule has 21 heavy (non-hydrogen) atoms. The lowest BCUT2D eigenvalue weighted by atomic mass is 9.84. The van der Waals surface area contributed by atoms with Crippen LogP contribution in [0.3, 0.4) is 0 Å². The van der Waals surface area contributed by atoms with Crippen molar-refractivity contribution in [2.45, 2.75) is 57.9 Å². The number of anilines is 1. The van der Waals surface area contributed by atoms with E-state index in [-0.39, 0.29) is 0 Å². The first-order valence-electron chi connectivity index (χ1n) is 8.93. The molecule has 1 N–H and O–H groups in total. The van der Waals surface area contributed by atoms with Gasteiger partial charge in [-0.2, -0.15) is 0 Å². The summed E-state index contributed by atoms with van der Waals surface area (Å²) in [4.78, 5) is 2.56. The smallest absolute Gasteiger partial charge is 0.0399 e. The summed E-state index contributed by atoms with van der Waals surface area (Å²) >= 11 is 0. The zero-order chi connectivity index (χ0) is 14.5. The van der Waals surface area contributed by atoms with Crippen molar-refractivity contribution < 1.29 is 0 Å². The first kappa shape index (κ1) is 14.9. The van der Waals surface area contributed by atoms with E-state index in [1.807, 2.05) is 0 Å². The number of nitrogens with zero attached hydrogens (tertiary/aromatic N) is 1. The predicted octanol–water partition coefficient (Wildman–Crippen LogP) is 4.00. The first-order valence-corrected chi connectivity index (χ1v) is 8.93. The van der Waals surface area contributed by atoms with E-state index in [2.05, 4.69) is 41.4 Å². The highest BCUT2D eigenvalue weighted by Crippen LogP contribution is 2.28. The van der Waals surface area contributed by atoms with Gasteiger partial charge in [-0.3, -0.25) is 0 Å². The summed E-state index contributed by atoms with van der Waals surface area (Å²) in [5.41, 5.74) is 3.00. The molecule has 1 aliphatic heterocycles. The van der Waals surface area contributed by atoms with Crippen molar-refractivity contribution in [1.29, 1.82) is 0 Å². The van der Waals surface area contributed by atoms with Crippen molar-refractivity contribution in [2.75, 3.05) is 24.5 Å². The third kappa shape index (κ3) is 3.79. The van der Waals surface area contributed by atoms with Gasteiger partial charge < -0.3 is 10.2 Å². The Hall–Kier alpha value is -1.02. The quantitative estimate of drug-likeness (QED) is 0.795. The Bertz CT molecular complexity index is 435. The number of nitrogens with one attached hydrogen (secondary N) is 1. The molecule has 3 rings (SSSR count). The second-order valence-corrected chi connectivity index (χ2v) is 6.80. The topological polar surface area (TPSA) is 15.3 Å². The van der Waals surface area contributed by atoms with Gasteiger partial charge in [-0.15, -0.1) is 0 Å². The van der Waals surface area contributed by atoms with Crippen molar-refractivity contribution in [2.24, 2.45) is 5.92 Å². The first-order chi connectivity index (χ1) is 10.4. The minimum absolute atomic E-state index is 0.790. The van der Waals surface area contributed by atoms with Crippen LogP contribution in [0, 0.1) is 5.92 Å². The van der Waals surface area contributed by atoms with Gasteiger partial charge in [0.2, 0.25) is 0 Å². The van der Waals surface area contributed by atoms with E-state index in [1.54, 1.807) is 0 Å². The fraction of sp³-hybridized carbons (Fsp3) is 0.684. The Morgan fingerprint density at radius 3 is 2.76 bits per heavy atom. The largest absolute Gasteiger partial charge is 0.371 e. The Balaban J connectivity index is 1.34. The van der Waals surface area contributed by atoms with E-state index >= 15 is 0 Å². The van der Waals surface area contributed by atoms with Crippen molar-refractivity contribution in [3.63, 3.8) is 0 Å². The highest BCUT2D eigenvalue weighted by molar-refractivity contribution is 5.57. The fourth-order valence-electron chi connectivity index (χ4n) is 3.99. The van der Waals surface area contributed by atoms with E-state index in [0.29, 0.717) is 0 Å². The molecule has 2 heteroatoms. The number of fused-ring (bicyclic) bond motifs is 1. The van der Waals surface area contributed by atoms with Crippen LogP contribution in [-0.4, -0.2) is 25.7 Å². The van der Waals surface area contributed by atoms with Crippen LogP contribution in [0.5, 0.6) is 0 Å². The number of rotatable bonds is 6. The van der Waals surface area contributed by atoms with Crippen LogP contribution in [0.4, 0.5) is 5.69 Å². The van der Waals surface area contributed by atoms with Gasteiger partial charge in [-0.25, -0.2) is 0 Å². The van der Waals surface area contributed by atoms with Crippen LogP contribution in [0.1, 0.15) is 51.0 Å². The van der Waals surface area contributed by atoms with Crippen LogP contribution >= 0.6 is 0 Å². The summed E-state index contributed by atoms with van der Waals surface area (Å²) in [5.74, 6) is 1.00. The van der Waals surface area contributed by atoms with Crippen LogP contribution in [-0.2, 0) is 6.42 Å². The Labute approximate surface area is 129 Å². The maximum atomic E-state index is 3.79. The zero-order valence-electron chi connectivity index (χ0n) is 13.5. The molecule has 0 saturated heterocycles. The summed E-state index contributed by atoms with van der Waals surface area (Å²) < 4.78 is 0. The molecule has 0 bridgehead atoms. The van der Waals surface area contributed by atoms with E-state index in [4.69, 9.17) is 0 Å². The number of para-hydroxylation sites is 1. The summed E-state index contributed by atoms with van der Waals surface area (Å²) in [6.45, 7) is 5.93. The third-order valence-electron chi connectivity index (χ3n) is 5.45. The van der Waals surface area contributed by atoms with Gasteiger partial charge >= 0.3 is 0 Å². The molecular formula is C19H30N2. The van der Waals surface area contributed by atoms with E-state index in [9.17, 15) is 0 Å². The normalized spacial score (nSPS) is 25.1. The van der Waals surface area contributed by atoms with Gasteiger partial charge in [0, 0.05) is 24.8 Å². The van der Waals surface area contributed by atoms with Gasteiger partial charge in [0.05, 0.1) is 0 Å². The Morgan fingerprint density at radius 2 is 1.95 bits per heavy atom. The van der Waals surface area contributed by atoms with Crippen molar-refractivity contribution in [1.82, 2.24) is 5.32 Å². The molecule has 116 valence electrons. The highest BCUT2D eigenvalue weighted by Gasteiger charge is 2.20. The molecule has 1 aromatic carbocycles. The average molecular weight is 286 g/mol. The van der Waals surface area contributed by atoms with E-state index in [0.717, 1.165) is 12.0 Å². The molecule has 0 amide bonds. The van der Waals surface area contributed by atoms with Gasteiger partial charge in [-0.05, 0) is 62.6 Å². The molecule has 1 fully saturated rings. The van der Waals surface area contributed by atoms with Gasteiger partial charge in [0.25, 0.3) is 0 Å². The summed E-state index contributed by atoms with van der Waals surface area (Å²) in [7, 11) is 0. The molecule has 0 spiro atoms. The predicted molar refractivity (Wildman–Crippen MR) is 91.0 cm³/mol. The molecule has 1 heterocycles. The average Bonchev–Trinajstić information content (AvgIpc) is 2.95. The SMILES string of the molecule is CCC1CCC(NCCCN2CCc3ccccc32)CC1. The van der Waals surface area contributed by atoms with Crippen molar-refractivity contribution in [3.05, 3.63) is 29.8 Å². The fourth-order valence-corrected chi connectivity index (χ4v) is 3.99. The molecule has 2 nitrogen and oxygen atoms in total.